The van der Waals surface area contributed by atoms with E-state index in [0.717, 1.165) is 0 Å². The second kappa shape index (κ2) is 9.43. The van der Waals surface area contributed by atoms with E-state index in [2.05, 4.69) is 5.32 Å². The molecule has 7 heteroatoms. The number of carbonyl (C=O) groups is 2. The van der Waals surface area contributed by atoms with Gasteiger partial charge in [0.1, 0.15) is 6.61 Å². The minimum absolute atomic E-state index is 0.0250. The Morgan fingerprint density at radius 2 is 1.86 bits per heavy atom. The summed E-state index contributed by atoms with van der Waals surface area (Å²) in [5.41, 5.74) is 2.47. The van der Waals surface area contributed by atoms with Crippen LogP contribution in [0.4, 0.5) is 0 Å². The largest absolute Gasteiger partial charge is 0.461 e. The van der Waals surface area contributed by atoms with Crippen molar-refractivity contribution in [2.24, 2.45) is 0 Å². The van der Waals surface area contributed by atoms with Gasteiger partial charge in [-0.15, -0.1) is 0 Å². The van der Waals surface area contributed by atoms with Crippen LogP contribution in [0, 0.1) is 11.3 Å². The van der Waals surface area contributed by atoms with Crippen LogP contribution in [0.25, 0.3) is 0 Å². The molecule has 0 amide bonds. The van der Waals surface area contributed by atoms with Gasteiger partial charge < -0.3 is 14.8 Å². The molecule has 1 unspecified atom stereocenters. The number of dihydropyridines is 1. The van der Waals surface area contributed by atoms with Gasteiger partial charge in [-0.3, -0.25) is 0 Å². The molecule has 1 aromatic rings. The van der Waals surface area contributed by atoms with Gasteiger partial charge in [-0.1, -0.05) is 23.7 Å². The summed E-state index contributed by atoms with van der Waals surface area (Å²) < 4.78 is 10.7. The van der Waals surface area contributed by atoms with Crippen molar-refractivity contribution in [2.45, 2.75) is 46.1 Å². The zero-order chi connectivity index (χ0) is 20.8. The molecule has 148 valence electrons. The predicted molar refractivity (Wildman–Crippen MR) is 105 cm³/mol. The van der Waals surface area contributed by atoms with Crippen molar-refractivity contribution in [3.05, 3.63) is 57.4 Å². The number of hydrogen-bond acceptors (Lipinski definition) is 6. The molecule has 6 nitrogen and oxygen atoms in total. The summed E-state index contributed by atoms with van der Waals surface area (Å²) >= 11 is 6.16. The number of benzene rings is 1. The molecule has 0 spiro atoms. The Morgan fingerprint density at radius 1 is 1.21 bits per heavy atom. The maximum absolute atomic E-state index is 12.9. The summed E-state index contributed by atoms with van der Waals surface area (Å²) in [5, 5.41) is 12.3. The average molecular weight is 403 g/mol. The van der Waals surface area contributed by atoms with Crippen LogP contribution in [0.15, 0.2) is 46.8 Å². The van der Waals surface area contributed by atoms with Crippen molar-refractivity contribution >= 4 is 23.5 Å². The molecule has 0 aliphatic carbocycles. The first-order valence-corrected chi connectivity index (χ1v) is 9.33. The van der Waals surface area contributed by atoms with Gasteiger partial charge in [0.25, 0.3) is 0 Å². The van der Waals surface area contributed by atoms with Crippen LogP contribution in [0.5, 0.6) is 0 Å². The molecular formula is C21H23ClN2O4. The van der Waals surface area contributed by atoms with E-state index < -0.39 is 17.9 Å². The Hall–Kier alpha value is -2.78. The molecule has 1 atom stereocenters. The van der Waals surface area contributed by atoms with Gasteiger partial charge in [-0.2, -0.15) is 5.26 Å². The highest BCUT2D eigenvalue weighted by Crippen LogP contribution is 2.40. The predicted octanol–water partition coefficient (Wildman–Crippen LogP) is 3.98. The average Bonchev–Trinajstić information content (AvgIpc) is 2.60. The molecular weight excluding hydrogens is 380 g/mol. The molecule has 1 heterocycles. The Balaban J connectivity index is 2.56. The third kappa shape index (κ3) is 4.93. The summed E-state index contributed by atoms with van der Waals surface area (Å²) in [6, 6.07) is 8.92. The highest BCUT2D eigenvalue weighted by atomic mass is 35.5. The molecule has 2 rings (SSSR count). The van der Waals surface area contributed by atoms with Crippen molar-refractivity contribution < 1.29 is 19.1 Å². The first-order chi connectivity index (χ1) is 13.3. The standard InChI is InChI=1S/C21H23ClN2O4/c1-12(2)28-21(26)18-14(4)24-13(3)17(20(25)27-10-6-9-23)19(18)15-7-5-8-16(22)11-15/h5,7-8,11-12,19,24H,6,10H2,1-4H3. The minimum atomic E-state index is -0.694. The monoisotopic (exact) mass is 402 g/mol. The molecule has 1 aliphatic rings. The number of esters is 2. The van der Waals surface area contributed by atoms with Crippen LogP contribution in [0.2, 0.25) is 5.02 Å². The fourth-order valence-corrected chi connectivity index (χ4v) is 3.30. The lowest BCUT2D eigenvalue weighted by Crippen LogP contribution is -2.33. The van der Waals surface area contributed by atoms with Crippen LogP contribution in [0.3, 0.4) is 0 Å². The maximum Gasteiger partial charge on any atom is 0.337 e. The quantitative estimate of drug-likeness (QED) is 0.571. The van der Waals surface area contributed by atoms with Crippen molar-refractivity contribution in [2.75, 3.05) is 6.61 Å². The molecule has 1 N–H and O–H groups in total. The maximum atomic E-state index is 12.9. The second-order valence-electron chi connectivity index (χ2n) is 6.69. The van der Waals surface area contributed by atoms with E-state index in [0.29, 0.717) is 33.1 Å². The molecule has 28 heavy (non-hydrogen) atoms. The zero-order valence-electron chi connectivity index (χ0n) is 16.3. The Labute approximate surface area is 169 Å². The van der Waals surface area contributed by atoms with Gasteiger partial charge in [-0.25, -0.2) is 9.59 Å². The van der Waals surface area contributed by atoms with Gasteiger partial charge in [0, 0.05) is 16.4 Å². The number of halogens is 1. The summed E-state index contributed by atoms with van der Waals surface area (Å²) in [7, 11) is 0. The van der Waals surface area contributed by atoms with E-state index in [4.69, 9.17) is 26.3 Å². The van der Waals surface area contributed by atoms with Gasteiger partial charge in [-0.05, 0) is 45.4 Å². The van der Waals surface area contributed by atoms with Crippen LogP contribution in [0.1, 0.15) is 45.6 Å². The third-order valence-electron chi connectivity index (χ3n) is 4.17. The number of nitrogens with one attached hydrogen (secondary N) is 1. The van der Waals surface area contributed by atoms with Crippen LogP contribution >= 0.6 is 11.6 Å². The lowest BCUT2D eigenvalue weighted by Gasteiger charge is -2.31. The summed E-state index contributed by atoms with van der Waals surface area (Å²) in [6.45, 7) is 7.00. The van der Waals surface area contributed by atoms with E-state index in [1.807, 2.05) is 6.07 Å². The van der Waals surface area contributed by atoms with E-state index in [-0.39, 0.29) is 19.1 Å². The lowest BCUT2D eigenvalue weighted by molar-refractivity contribution is -0.143. The van der Waals surface area contributed by atoms with Crippen LogP contribution in [-0.2, 0) is 19.1 Å². The first-order valence-electron chi connectivity index (χ1n) is 8.95. The van der Waals surface area contributed by atoms with Gasteiger partial charge in [0.05, 0.1) is 35.7 Å². The number of carbonyl (C=O) groups excluding carboxylic acids is 2. The van der Waals surface area contributed by atoms with E-state index in [9.17, 15) is 9.59 Å². The SMILES string of the molecule is CC1=C(C(=O)OCCC#N)C(c2cccc(Cl)c2)C(C(=O)OC(C)C)=C(C)N1. The third-order valence-corrected chi connectivity index (χ3v) is 4.41. The van der Waals surface area contributed by atoms with Crippen molar-refractivity contribution in [1.29, 1.82) is 5.26 Å². The molecule has 1 aliphatic heterocycles. The summed E-state index contributed by atoms with van der Waals surface area (Å²) in [5.74, 6) is -1.80. The second-order valence-corrected chi connectivity index (χ2v) is 7.12. The fourth-order valence-electron chi connectivity index (χ4n) is 3.10. The highest BCUT2D eigenvalue weighted by Gasteiger charge is 2.38. The van der Waals surface area contributed by atoms with E-state index in [1.54, 1.807) is 52.0 Å². The van der Waals surface area contributed by atoms with Gasteiger partial charge in [0.2, 0.25) is 0 Å². The van der Waals surface area contributed by atoms with Crippen molar-refractivity contribution in [3.8, 4) is 6.07 Å². The normalized spacial score (nSPS) is 16.5. The molecule has 0 saturated heterocycles. The Bertz CT molecular complexity index is 881. The van der Waals surface area contributed by atoms with E-state index in [1.165, 1.54) is 0 Å². The zero-order valence-corrected chi connectivity index (χ0v) is 17.1. The molecule has 0 radical (unpaired) electrons. The van der Waals surface area contributed by atoms with Crippen LogP contribution in [-0.4, -0.2) is 24.6 Å². The Morgan fingerprint density at radius 3 is 2.43 bits per heavy atom. The summed E-state index contributed by atoms with van der Waals surface area (Å²) in [4.78, 5) is 25.7. The Kier molecular flexibility index (Phi) is 7.24. The molecule has 0 saturated carbocycles. The minimum Gasteiger partial charge on any atom is -0.461 e. The van der Waals surface area contributed by atoms with Gasteiger partial charge >= 0.3 is 11.9 Å². The van der Waals surface area contributed by atoms with Crippen molar-refractivity contribution in [3.63, 3.8) is 0 Å². The van der Waals surface area contributed by atoms with E-state index >= 15 is 0 Å². The number of nitriles is 1. The number of hydrogen-bond donors (Lipinski definition) is 1. The molecule has 1 aromatic carbocycles. The topological polar surface area (TPSA) is 88.4 Å². The van der Waals surface area contributed by atoms with Gasteiger partial charge in [0.15, 0.2) is 0 Å². The molecule has 0 aromatic heterocycles. The number of allylic oxidation sites excluding steroid dienone is 2. The molecule has 0 fully saturated rings. The summed E-state index contributed by atoms with van der Waals surface area (Å²) in [6.07, 6.45) is -0.226. The van der Waals surface area contributed by atoms with Crippen LogP contribution < -0.4 is 5.32 Å². The molecule has 0 bridgehead atoms. The fraction of sp³-hybridized carbons (Fsp3) is 0.381. The highest BCUT2D eigenvalue weighted by molar-refractivity contribution is 6.30. The number of nitrogens with zero attached hydrogens (tertiary/aromatic N) is 1. The number of ether oxygens (including phenoxy) is 2. The van der Waals surface area contributed by atoms with Crippen molar-refractivity contribution in [1.82, 2.24) is 5.32 Å². The lowest BCUT2D eigenvalue weighted by atomic mass is 9.80. The smallest absolute Gasteiger partial charge is 0.337 e. The first kappa shape index (κ1) is 21.5. The number of rotatable bonds is 6.